The third-order valence-electron chi connectivity index (χ3n) is 9.38. The summed E-state index contributed by atoms with van der Waals surface area (Å²) in [6, 6.07) is 18.5. The zero-order valence-electron chi connectivity index (χ0n) is 26.1. The fraction of sp³-hybridized carbons (Fsp3) is 0.444. The maximum Gasteiger partial charge on any atom is 0.286 e. The van der Waals surface area contributed by atoms with Gasteiger partial charge in [0.25, 0.3) is 5.24 Å². The summed E-state index contributed by atoms with van der Waals surface area (Å²) in [6.45, 7) is 11.8. The molecule has 0 spiro atoms. The van der Waals surface area contributed by atoms with Crippen molar-refractivity contribution in [2.24, 2.45) is 0 Å². The number of thioether (sulfide) groups is 1. The maximum atomic E-state index is 11.9. The van der Waals surface area contributed by atoms with Gasteiger partial charge < -0.3 is 14.2 Å². The lowest BCUT2D eigenvalue weighted by Crippen LogP contribution is -2.50. The molecule has 3 aliphatic heterocycles. The van der Waals surface area contributed by atoms with Crippen molar-refractivity contribution in [1.82, 2.24) is 10.2 Å². The Kier molecular flexibility index (Phi) is 8.92. The first-order chi connectivity index (χ1) is 21.2. The number of hydrogen-bond donors (Lipinski definition) is 1. The molecule has 2 unspecified atom stereocenters. The number of nitrogens with zero attached hydrogens (tertiary/aromatic N) is 1. The van der Waals surface area contributed by atoms with E-state index in [1.54, 1.807) is 0 Å². The lowest BCUT2D eigenvalue weighted by molar-refractivity contribution is -0.118. The SMILES string of the molecule is Cc1c(C)c2c(c(C)c1OCc1ccccc1)CCC(C)(CN1CCC[C@H]1COc1ccc(CC3SC(=O)NC3=O)cc1)O2. The molecule has 3 atom stereocenters. The third kappa shape index (κ3) is 6.61. The zero-order valence-corrected chi connectivity index (χ0v) is 26.9. The van der Waals surface area contributed by atoms with E-state index in [0.29, 0.717) is 25.7 Å². The lowest BCUT2D eigenvalue weighted by atomic mass is 9.86. The molecular formula is C36H42N2O5S. The van der Waals surface area contributed by atoms with Crippen LogP contribution in [-0.2, 0) is 24.2 Å². The topological polar surface area (TPSA) is 77.1 Å². The van der Waals surface area contributed by atoms with Crippen LogP contribution in [0.4, 0.5) is 4.79 Å². The van der Waals surface area contributed by atoms with Crippen molar-refractivity contribution in [1.29, 1.82) is 0 Å². The van der Waals surface area contributed by atoms with Gasteiger partial charge in [0, 0.05) is 18.2 Å². The summed E-state index contributed by atoms with van der Waals surface area (Å²) >= 11 is 1.06. The number of likely N-dealkylation sites (tertiary alicyclic amines) is 1. The van der Waals surface area contributed by atoms with Gasteiger partial charge in [-0.1, -0.05) is 54.2 Å². The number of benzene rings is 3. The summed E-state index contributed by atoms with van der Waals surface area (Å²) in [4.78, 5) is 25.9. The van der Waals surface area contributed by atoms with Crippen LogP contribution in [0.1, 0.15) is 59.6 Å². The number of carbonyl (C=O) groups excluding carboxylic acids is 2. The van der Waals surface area contributed by atoms with Crippen molar-refractivity contribution in [2.45, 2.75) is 83.3 Å². The molecule has 1 N–H and O–H groups in total. The van der Waals surface area contributed by atoms with E-state index >= 15 is 0 Å². The van der Waals surface area contributed by atoms with E-state index in [1.807, 2.05) is 42.5 Å². The first kappa shape index (κ1) is 30.5. The summed E-state index contributed by atoms with van der Waals surface area (Å²) < 4.78 is 19.5. The Bertz CT molecular complexity index is 1530. The van der Waals surface area contributed by atoms with Gasteiger partial charge in [0.15, 0.2) is 0 Å². The number of carbonyl (C=O) groups is 2. The number of fused-ring (bicyclic) bond motifs is 1. The van der Waals surface area contributed by atoms with E-state index in [-0.39, 0.29) is 22.0 Å². The Morgan fingerprint density at radius 1 is 0.977 bits per heavy atom. The van der Waals surface area contributed by atoms with Gasteiger partial charge in [-0.15, -0.1) is 0 Å². The molecule has 3 aliphatic rings. The molecule has 3 aromatic carbocycles. The van der Waals surface area contributed by atoms with Crippen LogP contribution in [-0.4, -0.2) is 52.6 Å². The van der Waals surface area contributed by atoms with E-state index in [9.17, 15) is 9.59 Å². The maximum absolute atomic E-state index is 11.9. The number of hydrogen-bond acceptors (Lipinski definition) is 7. The Morgan fingerprint density at radius 2 is 1.75 bits per heavy atom. The van der Waals surface area contributed by atoms with Crippen molar-refractivity contribution in [3.8, 4) is 17.2 Å². The summed E-state index contributed by atoms with van der Waals surface area (Å²) in [6.07, 6.45) is 4.71. The highest BCUT2D eigenvalue weighted by molar-refractivity contribution is 8.15. The van der Waals surface area contributed by atoms with Crippen LogP contribution in [0, 0.1) is 20.8 Å². The molecule has 0 aromatic heterocycles. The Labute approximate surface area is 264 Å². The molecule has 0 bridgehead atoms. The normalized spacial score (nSPS) is 23.3. The van der Waals surface area contributed by atoms with E-state index in [2.05, 4.69) is 50.0 Å². The van der Waals surface area contributed by atoms with Crippen LogP contribution < -0.4 is 19.5 Å². The fourth-order valence-corrected chi connectivity index (χ4v) is 7.58. The molecule has 3 heterocycles. The molecule has 0 aliphatic carbocycles. The summed E-state index contributed by atoms with van der Waals surface area (Å²) in [5, 5.41) is 1.73. The Balaban J connectivity index is 1.06. The molecular weight excluding hydrogens is 572 g/mol. The summed E-state index contributed by atoms with van der Waals surface area (Å²) in [7, 11) is 0. The molecule has 232 valence electrons. The Hall–Kier alpha value is -3.49. The predicted molar refractivity (Wildman–Crippen MR) is 174 cm³/mol. The molecule has 6 rings (SSSR count). The van der Waals surface area contributed by atoms with Gasteiger partial charge in [-0.3, -0.25) is 19.8 Å². The zero-order chi connectivity index (χ0) is 30.8. The van der Waals surface area contributed by atoms with Crippen LogP contribution in [0.25, 0.3) is 0 Å². The second kappa shape index (κ2) is 12.9. The highest BCUT2D eigenvalue weighted by Gasteiger charge is 2.39. The first-order valence-corrected chi connectivity index (χ1v) is 16.5. The molecule has 2 fully saturated rings. The predicted octanol–water partition coefficient (Wildman–Crippen LogP) is 6.71. The molecule has 3 aromatic rings. The lowest BCUT2D eigenvalue weighted by Gasteiger charge is -2.41. The van der Waals surface area contributed by atoms with Crippen LogP contribution in [0.3, 0.4) is 0 Å². The van der Waals surface area contributed by atoms with Gasteiger partial charge in [-0.05, 0) is 106 Å². The molecule has 0 radical (unpaired) electrons. The largest absolute Gasteiger partial charge is 0.492 e. The minimum atomic E-state index is -0.358. The third-order valence-corrected chi connectivity index (χ3v) is 10.4. The second-order valence-corrected chi connectivity index (χ2v) is 13.8. The average Bonchev–Trinajstić information content (AvgIpc) is 3.59. The highest BCUT2D eigenvalue weighted by Crippen LogP contribution is 2.44. The highest BCUT2D eigenvalue weighted by atomic mass is 32.2. The van der Waals surface area contributed by atoms with Gasteiger partial charge >= 0.3 is 0 Å². The van der Waals surface area contributed by atoms with E-state index in [0.717, 1.165) is 78.9 Å². The van der Waals surface area contributed by atoms with Crippen LogP contribution >= 0.6 is 11.8 Å². The molecule has 2 amide bonds. The van der Waals surface area contributed by atoms with E-state index in [4.69, 9.17) is 14.2 Å². The van der Waals surface area contributed by atoms with E-state index < -0.39 is 0 Å². The number of imide groups is 1. The smallest absolute Gasteiger partial charge is 0.286 e. The number of ether oxygens (including phenoxy) is 3. The molecule has 8 heteroatoms. The number of nitrogens with one attached hydrogen (secondary N) is 1. The van der Waals surface area contributed by atoms with E-state index in [1.165, 1.54) is 22.3 Å². The van der Waals surface area contributed by atoms with Gasteiger partial charge in [0.1, 0.15) is 36.1 Å². The van der Waals surface area contributed by atoms with Gasteiger partial charge in [-0.25, -0.2) is 0 Å². The minimum absolute atomic E-state index is 0.209. The van der Waals surface area contributed by atoms with Crippen LogP contribution in [0.15, 0.2) is 54.6 Å². The standard InChI is InChI=1S/C36H42N2O5S/c1-23-24(2)33-30(25(3)32(23)42-20-27-9-6-5-7-10-27)16-17-36(4,43-33)22-38-18-8-11-28(38)21-41-29-14-12-26(13-15-29)19-31-34(39)37-35(40)44-31/h5-7,9-10,12-15,28,31H,8,11,16-22H2,1-4H3,(H,37,39,40)/t28-,31?,36?/m0/s1. The second-order valence-electron chi connectivity index (χ2n) is 12.6. The van der Waals surface area contributed by atoms with Crippen molar-refractivity contribution in [2.75, 3.05) is 19.7 Å². The van der Waals surface area contributed by atoms with Crippen molar-refractivity contribution < 1.29 is 23.8 Å². The number of rotatable bonds is 10. The molecule has 2 saturated heterocycles. The number of amides is 2. The van der Waals surface area contributed by atoms with Gasteiger partial charge in [0.05, 0.1) is 5.25 Å². The van der Waals surface area contributed by atoms with Crippen molar-refractivity contribution in [3.63, 3.8) is 0 Å². The van der Waals surface area contributed by atoms with Crippen molar-refractivity contribution >= 4 is 22.9 Å². The van der Waals surface area contributed by atoms with Crippen LogP contribution in [0.5, 0.6) is 17.2 Å². The molecule has 7 nitrogen and oxygen atoms in total. The molecule has 0 saturated carbocycles. The average molecular weight is 615 g/mol. The van der Waals surface area contributed by atoms with Crippen molar-refractivity contribution in [3.05, 3.63) is 88.0 Å². The summed E-state index contributed by atoms with van der Waals surface area (Å²) in [5.41, 5.74) is 6.69. The first-order valence-electron chi connectivity index (χ1n) is 15.6. The Morgan fingerprint density at radius 3 is 2.48 bits per heavy atom. The summed E-state index contributed by atoms with van der Waals surface area (Å²) in [5.74, 6) is 2.63. The van der Waals surface area contributed by atoms with Gasteiger partial charge in [0.2, 0.25) is 5.91 Å². The molecule has 44 heavy (non-hydrogen) atoms. The fourth-order valence-electron chi connectivity index (χ4n) is 6.72. The van der Waals surface area contributed by atoms with Gasteiger partial charge in [-0.2, -0.15) is 0 Å². The van der Waals surface area contributed by atoms with Crippen LogP contribution in [0.2, 0.25) is 0 Å². The quantitative estimate of drug-likeness (QED) is 0.272. The minimum Gasteiger partial charge on any atom is -0.492 e. The monoisotopic (exact) mass is 614 g/mol.